The van der Waals surface area contributed by atoms with E-state index in [2.05, 4.69) is 5.32 Å². The number of amides is 1. The summed E-state index contributed by atoms with van der Waals surface area (Å²) < 4.78 is 5.20. The maximum Gasteiger partial charge on any atom is 0.411 e. The minimum absolute atomic E-state index is 0.106. The van der Waals surface area contributed by atoms with Crippen molar-refractivity contribution in [1.29, 1.82) is 0 Å². The number of anilines is 1. The summed E-state index contributed by atoms with van der Waals surface area (Å²) in [4.78, 5) is 11.8. The second-order valence-electron chi connectivity index (χ2n) is 5.71. The second kappa shape index (κ2) is 6.20. The van der Waals surface area contributed by atoms with Crippen LogP contribution in [-0.2, 0) is 16.8 Å². The third-order valence-electron chi connectivity index (χ3n) is 4.09. The lowest BCUT2D eigenvalue weighted by Gasteiger charge is -2.14. The highest BCUT2D eigenvalue weighted by Gasteiger charge is 2.43. The van der Waals surface area contributed by atoms with E-state index in [0.29, 0.717) is 5.69 Å². The zero-order chi connectivity index (χ0) is 15.4. The summed E-state index contributed by atoms with van der Waals surface area (Å²) in [5.74, 6) is 0. The maximum absolute atomic E-state index is 11.8. The Morgan fingerprint density at radius 1 is 1.14 bits per heavy atom. The number of carbonyl (C=O) groups is 1. The van der Waals surface area contributed by atoms with Gasteiger partial charge < -0.3 is 9.84 Å². The summed E-state index contributed by atoms with van der Waals surface area (Å²) in [5, 5.41) is 12.2. The molecule has 4 nitrogen and oxygen atoms in total. The molecule has 2 aromatic carbocycles. The van der Waals surface area contributed by atoms with E-state index in [4.69, 9.17) is 4.74 Å². The number of benzene rings is 2. The molecule has 114 valence electrons. The van der Waals surface area contributed by atoms with Crippen LogP contribution in [0.5, 0.6) is 0 Å². The van der Waals surface area contributed by atoms with Crippen molar-refractivity contribution < 1.29 is 14.6 Å². The minimum atomic E-state index is -0.477. The monoisotopic (exact) mass is 297 g/mol. The van der Waals surface area contributed by atoms with Gasteiger partial charge in [0.2, 0.25) is 0 Å². The fraction of sp³-hybridized carbons (Fsp3) is 0.278. The molecule has 22 heavy (non-hydrogen) atoms. The molecule has 0 unspecified atom stereocenters. The molecule has 1 aliphatic rings. The van der Waals surface area contributed by atoms with Crippen molar-refractivity contribution in [2.24, 2.45) is 0 Å². The molecule has 1 aliphatic carbocycles. The van der Waals surface area contributed by atoms with Crippen molar-refractivity contribution in [3.8, 4) is 0 Å². The third kappa shape index (κ3) is 3.28. The van der Waals surface area contributed by atoms with Crippen LogP contribution in [0.1, 0.15) is 24.0 Å². The Bertz CT molecular complexity index is 650. The summed E-state index contributed by atoms with van der Waals surface area (Å²) in [7, 11) is 0. The summed E-state index contributed by atoms with van der Waals surface area (Å²) in [6.45, 7) is 0.391. The van der Waals surface area contributed by atoms with Crippen molar-refractivity contribution in [3.63, 3.8) is 0 Å². The Balaban J connectivity index is 1.59. The van der Waals surface area contributed by atoms with Crippen LogP contribution in [-0.4, -0.2) is 17.8 Å². The van der Waals surface area contributed by atoms with Crippen molar-refractivity contribution >= 4 is 11.8 Å². The normalized spacial score (nSPS) is 15.1. The summed E-state index contributed by atoms with van der Waals surface area (Å²) >= 11 is 0. The lowest BCUT2D eigenvalue weighted by Crippen LogP contribution is -2.15. The van der Waals surface area contributed by atoms with Crippen LogP contribution in [0, 0.1) is 0 Å². The van der Waals surface area contributed by atoms with Crippen molar-refractivity contribution in [3.05, 3.63) is 65.7 Å². The molecule has 0 spiro atoms. The zero-order valence-electron chi connectivity index (χ0n) is 12.3. The fourth-order valence-corrected chi connectivity index (χ4v) is 2.49. The zero-order valence-corrected chi connectivity index (χ0v) is 12.3. The quantitative estimate of drug-likeness (QED) is 0.888. The van der Waals surface area contributed by atoms with E-state index in [0.717, 1.165) is 24.0 Å². The minimum Gasteiger partial charge on any atom is -0.444 e. The Kier molecular flexibility index (Phi) is 4.11. The number of hydrogen-bond donors (Lipinski definition) is 2. The van der Waals surface area contributed by atoms with Crippen LogP contribution in [0.15, 0.2) is 54.6 Å². The van der Waals surface area contributed by atoms with Crippen LogP contribution in [0.4, 0.5) is 10.5 Å². The predicted molar refractivity (Wildman–Crippen MR) is 84.7 cm³/mol. The van der Waals surface area contributed by atoms with Crippen molar-refractivity contribution in [2.45, 2.75) is 24.9 Å². The largest absolute Gasteiger partial charge is 0.444 e. The van der Waals surface area contributed by atoms with Gasteiger partial charge in [0, 0.05) is 11.1 Å². The first-order valence-electron chi connectivity index (χ1n) is 7.41. The van der Waals surface area contributed by atoms with Gasteiger partial charge in [-0.15, -0.1) is 0 Å². The van der Waals surface area contributed by atoms with Gasteiger partial charge in [-0.3, -0.25) is 5.32 Å². The molecule has 4 heteroatoms. The number of rotatable bonds is 5. The summed E-state index contributed by atoms with van der Waals surface area (Å²) in [5.41, 5.74) is 2.60. The van der Waals surface area contributed by atoms with Gasteiger partial charge in [-0.2, -0.15) is 0 Å². The van der Waals surface area contributed by atoms with Crippen LogP contribution >= 0.6 is 0 Å². The van der Waals surface area contributed by atoms with Gasteiger partial charge in [-0.1, -0.05) is 42.5 Å². The summed E-state index contributed by atoms with van der Waals surface area (Å²) in [6, 6.07) is 17.2. The molecule has 0 heterocycles. The van der Waals surface area contributed by atoms with E-state index in [1.807, 2.05) is 54.6 Å². The number of aliphatic hydroxyl groups is 1. The Labute approximate surface area is 129 Å². The first-order chi connectivity index (χ1) is 10.7. The van der Waals surface area contributed by atoms with E-state index < -0.39 is 6.09 Å². The molecule has 1 amide bonds. The molecule has 3 rings (SSSR count). The average Bonchev–Trinajstić information content (AvgIpc) is 3.35. The molecule has 1 saturated carbocycles. The maximum atomic E-state index is 11.8. The fourth-order valence-electron chi connectivity index (χ4n) is 2.49. The number of carbonyl (C=O) groups excluding carboxylic acids is 1. The van der Waals surface area contributed by atoms with Crippen LogP contribution < -0.4 is 5.32 Å². The Hall–Kier alpha value is -2.33. The highest BCUT2D eigenvalue weighted by Crippen LogP contribution is 2.48. The van der Waals surface area contributed by atoms with E-state index in [-0.39, 0.29) is 18.6 Å². The van der Waals surface area contributed by atoms with Gasteiger partial charge in [-0.25, -0.2) is 4.79 Å². The van der Waals surface area contributed by atoms with Gasteiger partial charge >= 0.3 is 6.09 Å². The average molecular weight is 297 g/mol. The SMILES string of the molecule is O=C(Nc1cccc(C2(CO)CC2)c1)OCc1ccccc1. The molecule has 0 atom stereocenters. The van der Waals surface area contributed by atoms with E-state index in [9.17, 15) is 9.90 Å². The van der Waals surface area contributed by atoms with E-state index >= 15 is 0 Å². The Morgan fingerprint density at radius 2 is 1.91 bits per heavy atom. The second-order valence-corrected chi connectivity index (χ2v) is 5.71. The van der Waals surface area contributed by atoms with Gasteiger partial charge in [0.1, 0.15) is 6.61 Å². The van der Waals surface area contributed by atoms with Crippen molar-refractivity contribution in [2.75, 3.05) is 11.9 Å². The van der Waals surface area contributed by atoms with E-state index in [1.54, 1.807) is 0 Å². The molecule has 2 aromatic rings. The molecule has 2 N–H and O–H groups in total. The van der Waals surface area contributed by atoms with Crippen LogP contribution in [0.25, 0.3) is 0 Å². The number of ether oxygens (including phenoxy) is 1. The number of nitrogens with one attached hydrogen (secondary N) is 1. The van der Waals surface area contributed by atoms with Crippen LogP contribution in [0.3, 0.4) is 0 Å². The third-order valence-corrected chi connectivity index (χ3v) is 4.09. The lowest BCUT2D eigenvalue weighted by atomic mass is 9.97. The lowest BCUT2D eigenvalue weighted by molar-refractivity contribution is 0.155. The smallest absolute Gasteiger partial charge is 0.411 e. The topological polar surface area (TPSA) is 58.6 Å². The number of hydrogen-bond acceptors (Lipinski definition) is 3. The standard InChI is InChI=1S/C18H19NO3/c20-13-18(9-10-18)15-7-4-8-16(11-15)19-17(21)22-12-14-5-2-1-3-6-14/h1-8,11,20H,9-10,12-13H2,(H,19,21). The molecule has 0 bridgehead atoms. The molecule has 0 aliphatic heterocycles. The van der Waals surface area contributed by atoms with Gasteiger partial charge in [-0.05, 0) is 36.1 Å². The molecule has 0 aromatic heterocycles. The number of aliphatic hydroxyl groups excluding tert-OH is 1. The van der Waals surface area contributed by atoms with E-state index in [1.165, 1.54) is 0 Å². The first kappa shape index (κ1) is 14.6. The molecule has 0 radical (unpaired) electrons. The molecule has 0 saturated heterocycles. The predicted octanol–water partition coefficient (Wildman–Crippen LogP) is 3.46. The molecule has 1 fully saturated rings. The van der Waals surface area contributed by atoms with Crippen molar-refractivity contribution in [1.82, 2.24) is 0 Å². The van der Waals surface area contributed by atoms with Gasteiger partial charge in [0.25, 0.3) is 0 Å². The molecular weight excluding hydrogens is 278 g/mol. The van der Waals surface area contributed by atoms with Crippen LogP contribution in [0.2, 0.25) is 0 Å². The summed E-state index contributed by atoms with van der Waals surface area (Å²) in [6.07, 6.45) is 1.51. The first-order valence-corrected chi connectivity index (χ1v) is 7.41. The molecular formula is C18H19NO3. The Morgan fingerprint density at radius 3 is 2.59 bits per heavy atom. The highest BCUT2D eigenvalue weighted by molar-refractivity contribution is 5.84. The van der Waals surface area contributed by atoms with Gasteiger partial charge in [0.15, 0.2) is 0 Å². The van der Waals surface area contributed by atoms with Gasteiger partial charge in [0.05, 0.1) is 6.61 Å². The highest BCUT2D eigenvalue weighted by atomic mass is 16.5.